The van der Waals surface area contributed by atoms with Crippen LogP contribution in [0.15, 0.2) is 5.16 Å². The maximum atomic E-state index is 8.90. The third-order valence-corrected chi connectivity index (χ3v) is 4.91. The van der Waals surface area contributed by atoms with Crippen LogP contribution < -0.4 is 5.73 Å². The van der Waals surface area contributed by atoms with Crippen LogP contribution in [0.25, 0.3) is 0 Å². The molecule has 2 saturated heterocycles. The summed E-state index contributed by atoms with van der Waals surface area (Å²) in [6.45, 7) is 13.2. The molecule has 2 rings (SSSR count). The molecule has 2 fully saturated rings. The summed E-state index contributed by atoms with van der Waals surface area (Å²) in [6, 6.07) is 0. The molecule has 2 heterocycles. The first kappa shape index (κ1) is 16.5. The summed E-state index contributed by atoms with van der Waals surface area (Å²) in [6.07, 6.45) is 2.67. The zero-order valence-corrected chi connectivity index (χ0v) is 13.8. The summed E-state index contributed by atoms with van der Waals surface area (Å²) in [5, 5.41) is 12.1. The third-order valence-electron chi connectivity index (χ3n) is 4.91. The van der Waals surface area contributed by atoms with Gasteiger partial charge in [0.05, 0.1) is 17.2 Å². The zero-order chi connectivity index (χ0) is 15.7. The number of rotatable bonds is 4. The molecule has 0 aliphatic carbocycles. The van der Waals surface area contributed by atoms with E-state index in [2.05, 4.69) is 28.8 Å². The van der Waals surface area contributed by atoms with E-state index in [1.165, 1.54) is 0 Å². The predicted molar refractivity (Wildman–Crippen MR) is 83.7 cm³/mol. The maximum Gasteiger partial charge on any atom is 0.159 e. The molecule has 6 heteroatoms. The lowest BCUT2D eigenvalue weighted by Gasteiger charge is -2.43. The number of hydrogen-bond donors (Lipinski definition) is 2. The Morgan fingerprint density at radius 3 is 2.43 bits per heavy atom. The smallest absolute Gasteiger partial charge is 0.159 e. The molecule has 2 aliphatic heterocycles. The lowest BCUT2D eigenvalue weighted by Crippen LogP contribution is -2.60. The van der Waals surface area contributed by atoms with Gasteiger partial charge >= 0.3 is 0 Å². The van der Waals surface area contributed by atoms with Crippen molar-refractivity contribution in [1.29, 1.82) is 0 Å². The highest BCUT2D eigenvalue weighted by molar-refractivity contribution is 5.88. The number of ether oxygens (including phenoxy) is 1. The second kappa shape index (κ2) is 6.10. The second-order valence-electron chi connectivity index (χ2n) is 7.37. The van der Waals surface area contributed by atoms with Gasteiger partial charge in [0, 0.05) is 32.7 Å². The minimum Gasteiger partial charge on any atom is -0.409 e. The van der Waals surface area contributed by atoms with E-state index < -0.39 is 5.54 Å². The highest BCUT2D eigenvalue weighted by Gasteiger charge is 2.36. The van der Waals surface area contributed by atoms with Gasteiger partial charge in [-0.05, 0) is 40.5 Å². The first-order valence-electron chi connectivity index (χ1n) is 7.88. The van der Waals surface area contributed by atoms with Crippen LogP contribution in [-0.4, -0.2) is 70.8 Å². The Bertz CT molecular complexity index is 387. The lowest BCUT2D eigenvalue weighted by molar-refractivity contribution is -0.0358. The van der Waals surface area contributed by atoms with Gasteiger partial charge in [-0.25, -0.2) is 0 Å². The van der Waals surface area contributed by atoms with Gasteiger partial charge in [-0.1, -0.05) is 5.16 Å². The normalized spacial score (nSPS) is 29.0. The summed E-state index contributed by atoms with van der Waals surface area (Å²) in [4.78, 5) is 4.74. The Hall–Kier alpha value is -0.850. The van der Waals surface area contributed by atoms with Crippen molar-refractivity contribution in [3.8, 4) is 0 Å². The summed E-state index contributed by atoms with van der Waals surface area (Å²) < 4.78 is 6.07. The van der Waals surface area contributed by atoms with Gasteiger partial charge in [0.25, 0.3) is 0 Å². The average molecular weight is 298 g/mol. The van der Waals surface area contributed by atoms with E-state index in [0.717, 1.165) is 45.6 Å². The van der Waals surface area contributed by atoms with Crippen LogP contribution in [0.1, 0.15) is 40.5 Å². The molecule has 1 atom stereocenters. The quantitative estimate of drug-likeness (QED) is 0.352. The molecule has 0 aromatic carbocycles. The van der Waals surface area contributed by atoms with Crippen LogP contribution >= 0.6 is 0 Å². The molecule has 2 aliphatic rings. The van der Waals surface area contributed by atoms with Crippen LogP contribution in [0.2, 0.25) is 0 Å². The Labute approximate surface area is 127 Å². The fourth-order valence-corrected chi connectivity index (χ4v) is 3.27. The number of nitrogens with two attached hydrogens (primary N) is 1. The summed E-state index contributed by atoms with van der Waals surface area (Å²) >= 11 is 0. The molecule has 0 saturated carbocycles. The number of nitrogens with zero attached hydrogens (tertiary/aromatic N) is 3. The van der Waals surface area contributed by atoms with E-state index in [1.807, 2.05) is 13.8 Å². The van der Waals surface area contributed by atoms with Crippen molar-refractivity contribution in [1.82, 2.24) is 9.80 Å². The topological polar surface area (TPSA) is 74.3 Å². The van der Waals surface area contributed by atoms with Crippen LogP contribution in [-0.2, 0) is 4.74 Å². The Morgan fingerprint density at radius 2 is 1.95 bits per heavy atom. The molecule has 6 nitrogen and oxygen atoms in total. The minimum absolute atomic E-state index is 0.0422. The largest absolute Gasteiger partial charge is 0.409 e. The van der Waals surface area contributed by atoms with Crippen molar-refractivity contribution in [2.45, 2.75) is 57.8 Å². The Kier molecular flexibility index (Phi) is 4.80. The van der Waals surface area contributed by atoms with E-state index in [1.54, 1.807) is 0 Å². The molecule has 0 aromatic heterocycles. The van der Waals surface area contributed by atoms with Gasteiger partial charge in [0.15, 0.2) is 5.84 Å². The van der Waals surface area contributed by atoms with Gasteiger partial charge in [-0.15, -0.1) is 0 Å². The molecule has 3 N–H and O–H groups in total. The van der Waals surface area contributed by atoms with Gasteiger partial charge in [-0.3, -0.25) is 9.80 Å². The standard InChI is InChI=1S/C15H30N4O2/c1-14(2)6-5-12(21-14)11-18-7-9-19(10-8-18)15(3,4)13(16)17-20/h12,20H,5-11H2,1-4H3,(H2,16,17). The van der Waals surface area contributed by atoms with Crippen LogP contribution in [0.4, 0.5) is 0 Å². The first-order valence-corrected chi connectivity index (χ1v) is 7.88. The maximum absolute atomic E-state index is 8.90. The van der Waals surface area contributed by atoms with Gasteiger partial charge in [-0.2, -0.15) is 0 Å². The molecule has 0 spiro atoms. The van der Waals surface area contributed by atoms with E-state index >= 15 is 0 Å². The fraction of sp³-hybridized carbons (Fsp3) is 0.933. The van der Waals surface area contributed by atoms with Gasteiger partial charge in [0.1, 0.15) is 0 Å². The fourth-order valence-electron chi connectivity index (χ4n) is 3.27. The van der Waals surface area contributed by atoms with Crippen molar-refractivity contribution in [3.63, 3.8) is 0 Å². The molecule has 0 aromatic rings. The first-order chi connectivity index (χ1) is 9.74. The van der Waals surface area contributed by atoms with Crippen LogP contribution in [0.5, 0.6) is 0 Å². The number of hydrogen-bond acceptors (Lipinski definition) is 5. The Morgan fingerprint density at radius 1 is 1.33 bits per heavy atom. The lowest BCUT2D eigenvalue weighted by atomic mass is 10.00. The predicted octanol–water partition coefficient (Wildman–Crippen LogP) is 1.09. The highest BCUT2D eigenvalue weighted by Crippen LogP contribution is 2.30. The van der Waals surface area contributed by atoms with Gasteiger partial charge in [0.2, 0.25) is 0 Å². The summed E-state index contributed by atoms with van der Waals surface area (Å²) in [7, 11) is 0. The molecule has 1 unspecified atom stereocenters. The van der Waals surface area contributed by atoms with E-state index in [9.17, 15) is 0 Å². The molecule has 0 radical (unpaired) electrons. The van der Waals surface area contributed by atoms with E-state index in [-0.39, 0.29) is 11.4 Å². The van der Waals surface area contributed by atoms with Crippen LogP contribution in [0.3, 0.4) is 0 Å². The molecular weight excluding hydrogens is 268 g/mol. The van der Waals surface area contributed by atoms with Crippen LogP contribution in [0, 0.1) is 0 Å². The van der Waals surface area contributed by atoms with E-state index in [0.29, 0.717) is 6.10 Å². The molecule has 0 amide bonds. The molecular formula is C15H30N4O2. The summed E-state index contributed by atoms with van der Waals surface area (Å²) in [5.41, 5.74) is 5.45. The summed E-state index contributed by atoms with van der Waals surface area (Å²) in [5.74, 6) is 0.275. The third kappa shape index (κ3) is 3.87. The number of piperazine rings is 1. The SMILES string of the molecule is CC1(C)CCC(CN2CCN(C(C)(C)C(N)=NO)CC2)O1. The van der Waals surface area contributed by atoms with Crippen molar-refractivity contribution in [2.24, 2.45) is 10.9 Å². The van der Waals surface area contributed by atoms with Crippen molar-refractivity contribution >= 4 is 5.84 Å². The van der Waals surface area contributed by atoms with Gasteiger partial charge < -0.3 is 15.7 Å². The Balaban J connectivity index is 1.81. The highest BCUT2D eigenvalue weighted by atomic mass is 16.5. The molecule has 0 bridgehead atoms. The average Bonchev–Trinajstić information content (AvgIpc) is 2.77. The van der Waals surface area contributed by atoms with Crippen molar-refractivity contribution < 1.29 is 9.94 Å². The number of amidine groups is 1. The molecule has 21 heavy (non-hydrogen) atoms. The molecule has 122 valence electrons. The van der Waals surface area contributed by atoms with Crippen molar-refractivity contribution in [2.75, 3.05) is 32.7 Å². The van der Waals surface area contributed by atoms with E-state index in [4.69, 9.17) is 15.7 Å². The zero-order valence-electron chi connectivity index (χ0n) is 13.8. The van der Waals surface area contributed by atoms with Crippen molar-refractivity contribution in [3.05, 3.63) is 0 Å². The number of oxime groups is 1. The second-order valence-corrected chi connectivity index (χ2v) is 7.37. The minimum atomic E-state index is -0.396. The monoisotopic (exact) mass is 298 g/mol.